The van der Waals surface area contributed by atoms with Gasteiger partial charge in [-0.1, -0.05) is 32.9 Å². The Hall–Kier alpha value is -1.42. The number of rotatable bonds is 8. The van der Waals surface area contributed by atoms with E-state index in [2.05, 4.69) is 24.9 Å². The molecule has 3 aliphatic heterocycles. The Morgan fingerprint density at radius 2 is 1.74 bits per heavy atom. The molecule has 6 rings (SSSR count). The van der Waals surface area contributed by atoms with Crippen LogP contribution in [0.25, 0.3) is 0 Å². The van der Waals surface area contributed by atoms with Crippen LogP contribution in [-0.2, 0) is 19.0 Å². The molecule has 2 saturated carbocycles. The summed E-state index contributed by atoms with van der Waals surface area (Å²) in [6.07, 6.45) is 13.6. The molecule has 2 saturated heterocycles. The zero-order chi connectivity index (χ0) is 29.6. The first-order valence-corrected chi connectivity index (χ1v) is 20.2. The fraction of sp³-hybridized carbons (Fsp3) is 0.879. The number of hydrogen-bond acceptors (Lipinski definition) is 6. The molecular weight excluding hydrogens is 548 g/mol. The number of carbonyl (C=O) groups is 2. The van der Waals surface area contributed by atoms with Crippen LogP contribution < -0.4 is 0 Å². The van der Waals surface area contributed by atoms with Crippen molar-refractivity contribution in [3.63, 3.8) is 0 Å². The van der Waals surface area contributed by atoms with Gasteiger partial charge in [-0.3, -0.25) is 4.79 Å². The fourth-order valence-electron chi connectivity index (χ4n) is 10.3. The molecule has 0 aromatic heterocycles. The number of amides is 2. The highest BCUT2D eigenvalue weighted by Crippen LogP contribution is 2.61. The van der Waals surface area contributed by atoms with Gasteiger partial charge in [0.25, 0.3) is 5.91 Å². The molecule has 3 heterocycles. The van der Waals surface area contributed by atoms with Gasteiger partial charge in [-0.25, -0.2) is 4.79 Å². The van der Waals surface area contributed by atoms with E-state index in [4.69, 9.17) is 14.2 Å². The first-order valence-electron chi connectivity index (χ1n) is 17.0. The summed E-state index contributed by atoms with van der Waals surface area (Å²) in [6.45, 7) is 9.48. The molecule has 236 valence electrons. The Morgan fingerprint density at radius 1 is 1.02 bits per heavy atom. The molecule has 0 bridgehead atoms. The van der Waals surface area contributed by atoms with Crippen molar-refractivity contribution < 1.29 is 28.9 Å². The Labute approximate surface area is 253 Å². The summed E-state index contributed by atoms with van der Waals surface area (Å²) >= 11 is 0. The number of aliphatic hydroxyl groups is 1. The summed E-state index contributed by atoms with van der Waals surface area (Å²) in [5.74, 6) is 0.746. The molecule has 42 heavy (non-hydrogen) atoms. The van der Waals surface area contributed by atoms with Gasteiger partial charge in [-0.2, -0.15) is 0 Å². The molecule has 3 aliphatic carbocycles. The van der Waals surface area contributed by atoms with Crippen molar-refractivity contribution in [3.8, 4) is 0 Å². The molecular formula is C33H54N2O6Si. The van der Waals surface area contributed by atoms with Crippen LogP contribution in [0.3, 0.4) is 0 Å². The molecule has 0 unspecified atom stereocenters. The van der Waals surface area contributed by atoms with Crippen LogP contribution >= 0.6 is 0 Å². The average Bonchev–Trinajstić information content (AvgIpc) is 3.63. The monoisotopic (exact) mass is 602 g/mol. The second kappa shape index (κ2) is 12.2. The number of carbonyl (C=O) groups excluding carboxylic acids is 2. The lowest BCUT2D eigenvalue weighted by atomic mass is 9.78. The summed E-state index contributed by atoms with van der Waals surface area (Å²) in [6, 6.07) is 0.269. The number of methoxy groups -OCH3 is 1. The largest absolute Gasteiger partial charge is 0.448 e. The zero-order valence-electron chi connectivity index (χ0n) is 26.4. The van der Waals surface area contributed by atoms with Crippen LogP contribution in [0.2, 0.25) is 24.2 Å². The van der Waals surface area contributed by atoms with Gasteiger partial charge in [0.15, 0.2) is 5.60 Å². The maximum absolute atomic E-state index is 14.8. The predicted molar refractivity (Wildman–Crippen MR) is 164 cm³/mol. The fourth-order valence-corrected chi connectivity index (χ4v) is 15.3. The third-order valence-corrected chi connectivity index (χ3v) is 17.8. The van der Waals surface area contributed by atoms with Crippen molar-refractivity contribution in [2.24, 2.45) is 11.8 Å². The smallest absolute Gasteiger partial charge is 0.410 e. The van der Waals surface area contributed by atoms with Gasteiger partial charge in [0.05, 0.1) is 26.8 Å². The second-order valence-corrected chi connectivity index (χ2v) is 19.9. The Balaban J connectivity index is 1.23. The van der Waals surface area contributed by atoms with Crippen LogP contribution in [0.4, 0.5) is 4.79 Å². The maximum Gasteiger partial charge on any atom is 0.410 e. The highest BCUT2D eigenvalue weighted by atomic mass is 28.3. The number of hydrogen-bond donors (Lipinski definition) is 1. The van der Waals surface area contributed by atoms with E-state index in [1.807, 2.05) is 12.0 Å². The number of fused-ring (bicyclic) bond motifs is 1. The van der Waals surface area contributed by atoms with Crippen molar-refractivity contribution in [2.75, 3.05) is 33.4 Å². The summed E-state index contributed by atoms with van der Waals surface area (Å²) in [5.41, 5.74) is 2.70. The first kappa shape index (κ1) is 30.6. The van der Waals surface area contributed by atoms with Crippen LogP contribution in [0.1, 0.15) is 90.4 Å². The van der Waals surface area contributed by atoms with Gasteiger partial charge >= 0.3 is 6.09 Å². The summed E-state index contributed by atoms with van der Waals surface area (Å²) in [4.78, 5) is 31.0. The van der Waals surface area contributed by atoms with Crippen molar-refractivity contribution >= 4 is 20.1 Å². The molecule has 4 atom stereocenters. The highest BCUT2D eigenvalue weighted by Gasteiger charge is 2.67. The minimum Gasteiger partial charge on any atom is -0.448 e. The molecule has 0 aromatic rings. The SMILES string of the molecule is COC1CCC([Si](C)(C)[C@@H]2[C@@H](CCO)O[C@]3(C(=O)N(CC4CCC(N5CCOC5=O)CC4)C4=C3CCCC4)[C@H]2C)CC1. The molecule has 0 radical (unpaired) electrons. The lowest BCUT2D eigenvalue weighted by Crippen LogP contribution is -2.50. The Morgan fingerprint density at radius 3 is 2.38 bits per heavy atom. The van der Waals surface area contributed by atoms with E-state index < -0.39 is 13.7 Å². The zero-order valence-corrected chi connectivity index (χ0v) is 27.4. The number of nitrogens with zero attached hydrogens (tertiary/aromatic N) is 2. The topological polar surface area (TPSA) is 88.5 Å². The van der Waals surface area contributed by atoms with E-state index in [1.54, 1.807) is 0 Å². The van der Waals surface area contributed by atoms with Gasteiger partial charge in [0, 0.05) is 37.9 Å². The number of cyclic esters (lactones) is 1. The van der Waals surface area contributed by atoms with E-state index >= 15 is 0 Å². The minimum atomic E-state index is -1.87. The van der Waals surface area contributed by atoms with E-state index in [9.17, 15) is 14.7 Å². The third kappa shape index (κ3) is 5.08. The van der Waals surface area contributed by atoms with Crippen LogP contribution in [-0.4, -0.2) is 92.2 Å². The van der Waals surface area contributed by atoms with Crippen LogP contribution in [0.5, 0.6) is 0 Å². The van der Waals surface area contributed by atoms with Gasteiger partial charge in [-0.15, -0.1) is 0 Å². The molecule has 6 aliphatic rings. The Kier molecular flexibility index (Phi) is 8.86. The second-order valence-electron chi connectivity index (χ2n) is 14.8. The first-order chi connectivity index (χ1) is 20.2. The molecule has 1 spiro atoms. The average molecular weight is 603 g/mol. The third-order valence-electron chi connectivity index (χ3n) is 12.5. The quantitative estimate of drug-likeness (QED) is 0.350. The normalized spacial score (nSPS) is 39.4. The van der Waals surface area contributed by atoms with Gasteiger partial charge in [0.1, 0.15) is 6.61 Å². The van der Waals surface area contributed by atoms with Gasteiger partial charge in [-0.05, 0) is 93.2 Å². The van der Waals surface area contributed by atoms with Crippen molar-refractivity contribution in [3.05, 3.63) is 11.3 Å². The van der Waals surface area contributed by atoms with E-state index in [-0.39, 0.29) is 36.7 Å². The molecule has 4 fully saturated rings. The van der Waals surface area contributed by atoms with E-state index in [0.29, 0.717) is 42.7 Å². The van der Waals surface area contributed by atoms with Crippen molar-refractivity contribution in [1.82, 2.24) is 9.80 Å². The maximum atomic E-state index is 14.8. The lowest BCUT2D eigenvalue weighted by molar-refractivity contribution is -0.150. The molecule has 0 aromatic carbocycles. The molecule has 9 heteroatoms. The van der Waals surface area contributed by atoms with Gasteiger partial charge < -0.3 is 29.1 Å². The number of aliphatic hydroxyl groups excluding tert-OH is 1. The van der Waals surface area contributed by atoms with Crippen molar-refractivity contribution in [1.29, 1.82) is 0 Å². The van der Waals surface area contributed by atoms with E-state index in [1.165, 1.54) is 24.1 Å². The number of ether oxygens (including phenoxy) is 3. The lowest BCUT2D eigenvalue weighted by Gasteiger charge is -2.44. The standard InChI is InChI=1S/C33H54N2O6Si/c1-22-30(42(3,4)26-15-13-25(39-2)14-16-26)29(17-19-36)41-33(22)27-7-5-6-8-28(27)35(31(33)37)21-23-9-11-24(12-10-23)34-18-20-40-32(34)38/h22-26,29-30,36H,5-21H2,1-4H3/t22-,23?,24?,25?,26?,29+,30-,33+/m0/s1. The van der Waals surface area contributed by atoms with Gasteiger partial charge in [0.2, 0.25) is 0 Å². The Bertz CT molecular complexity index is 1050. The summed E-state index contributed by atoms with van der Waals surface area (Å²) < 4.78 is 18.0. The number of allylic oxidation sites excluding steroid dienone is 1. The summed E-state index contributed by atoms with van der Waals surface area (Å²) in [7, 11) is -0.0363. The van der Waals surface area contributed by atoms with E-state index in [0.717, 1.165) is 70.8 Å². The highest BCUT2D eigenvalue weighted by molar-refractivity contribution is 6.80. The summed E-state index contributed by atoms with van der Waals surface area (Å²) in [5, 5.41) is 10.2. The molecule has 8 nitrogen and oxygen atoms in total. The van der Waals surface area contributed by atoms with Crippen LogP contribution in [0, 0.1) is 11.8 Å². The van der Waals surface area contributed by atoms with Crippen LogP contribution in [0.15, 0.2) is 11.3 Å². The minimum absolute atomic E-state index is 0.0675. The van der Waals surface area contributed by atoms with Crippen molar-refractivity contribution in [2.45, 2.75) is 138 Å². The predicted octanol–water partition coefficient (Wildman–Crippen LogP) is 5.86. The molecule has 1 N–H and O–H groups in total. The molecule has 2 amide bonds.